The van der Waals surface area contributed by atoms with E-state index in [4.69, 9.17) is 0 Å². The van der Waals surface area contributed by atoms with Gasteiger partial charge in [0.1, 0.15) is 0 Å². The van der Waals surface area contributed by atoms with Crippen LogP contribution < -0.4 is 5.32 Å². The van der Waals surface area contributed by atoms with Crippen LogP contribution in [0.2, 0.25) is 0 Å². The van der Waals surface area contributed by atoms with Gasteiger partial charge in [-0.2, -0.15) is 11.3 Å². The van der Waals surface area contributed by atoms with Gasteiger partial charge in [0.05, 0.1) is 0 Å². The topological polar surface area (TPSA) is 12.0 Å². The molecule has 0 fully saturated rings. The minimum Gasteiger partial charge on any atom is -0.316 e. The van der Waals surface area contributed by atoms with Crippen LogP contribution in [-0.2, 0) is 6.42 Å². The van der Waals surface area contributed by atoms with Crippen LogP contribution in [0.4, 0.5) is 0 Å². The zero-order chi connectivity index (χ0) is 11.6. The Morgan fingerprint density at radius 3 is 3.00 bits per heavy atom. The highest BCUT2D eigenvalue weighted by atomic mass is 32.1. The van der Waals surface area contributed by atoms with Crippen molar-refractivity contribution in [2.45, 2.75) is 39.5 Å². The molecule has 1 N–H and O–H groups in total. The molecule has 1 aromatic rings. The standard InChI is InChI=1S/C14H23NS/c1-3-9-15-10-4-5-13(2)6-7-14-8-11-16-12-14/h5,8,11-12,15H,3-4,6-7,9-10H2,1-2H3. The molecular weight excluding hydrogens is 214 g/mol. The number of hydrogen-bond acceptors (Lipinski definition) is 2. The van der Waals surface area contributed by atoms with E-state index in [0.717, 1.165) is 19.5 Å². The number of nitrogens with one attached hydrogen (secondary N) is 1. The first-order valence-electron chi connectivity index (χ1n) is 6.20. The van der Waals surface area contributed by atoms with Gasteiger partial charge in [-0.1, -0.05) is 18.6 Å². The van der Waals surface area contributed by atoms with Gasteiger partial charge in [-0.05, 0) is 68.1 Å². The maximum atomic E-state index is 3.42. The van der Waals surface area contributed by atoms with Crippen molar-refractivity contribution in [3.63, 3.8) is 0 Å². The molecule has 0 aliphatic heterocycles. The van der Waals surface area contributed by atoms with Crippen LogP contribution in [0.15, 0.2) is 28.5 Å². The summed E-state index contributed by atoms with van der Waals surface area (Å²) in [4.78, 5) is 0. The van der Waals surface area contributed by atoms with E-state index in [0.29, 0.717) is 0 Å². The van der Waals surface area contributed by atoms with Gasteiger partial charge in [0.2, 0.25) is 0 Å². The van der Waals surface area contributed by atoms with E-state index in [9.17, 15) is 0 Å². The molecule has 0 atom stereocenters. The fourth-order valence-corrected chi connectivity index (χ4v) is 2.30. The molecule has 0 aliphatic rings. The SMILES string of the molecule is CCCNCCC=C(C)CCc1ccsc1. The van der Waals surface area contributed by atoms with E-state index in [1.54, 1.807) is 11.3 Å². The Bertz CT molecular complexity index is 288. The molecule has 0 unspecified atom stereocenters. The maximum Gasteiger partial charge on any atom is -0.00142 e. The highest BCUT2D eigenvalue weighted by Gasteiger charge is 1.94. The highest BCUT2D eigenvalue weighted by molar-refractivity contribution is 7.07. The Morgan fingerprint density at radius 1 is 1.44 bits per heavy atom. The Balaban J connectivity index is 2.09. The molecular formula is C14H23NS. The second-order valence-electron chi connectivity index (χ2n) is 4.22. The Hall–Kier alpha value is -0.600. The third kappa shape index (κ3) is 6.09. The van der Waals surface area contributed by atoms with E-state index >= 15 is 0 Å². The van der Waals surface area contributed by atoms with Crippen molar-refractivity contribution in [1.82, 2.24) is 5.32 Å². The van der Waals surface area contributed by atoms with Crippen LogP contribution in [0.3, 0.4) is 0 Å². The maximum absolute atomic E-state index is 3.42. The quantitative estimate of drug-likeness (QED) is 0.532. The van der Waals surface area contributed by atoms with Gasteiger partial charge in [0.15, 0.2) is 0 Å². The first-order chi connectivity index (χ1) is 7.83. The van der Waals surface area contributed by atoms with Crippen LogP contribution in [0, 0.1) is 0 Å². The van der Waals surface area contributed by atoms with E-state index in [2.05, 4.69) is 42.1 Å². The monoisotopic (exact) mass is 237 g/mol. The summed E-state index contributed by atoms with van der Waals surface area (Å²) in [7, 11) is 0. The minimum atomic E-state index is 1.11. The lowest BCUT2D eigenvalue weighted by Crippen LogP contribution is -2.15. The number of thiophene rings is 1. The van der Waals surface area contributed by atoms with Gasteiger partial charge in [-0.15, -0.1) is 0 Å². The van der Waals surface area contributed by atoms with Crippen molar-refractivity contribution in [3.05, 3.63) is 34.0 Å². The van der Waals surface area contributed by atoms with E-state index in [1.165, 1.54) is 30.4 Å². The molecule has 2 heteroatoms. The second-order valence-corrected chi connectivity index (χ2v) is 5.00. The van der Waals surface area contributed by atoms with Gasteiger partial charge < -0.3 is 5.32 Å². The molecule has 1 nitrogen and oxygen atoms in total. The molecule has 16 heavy (non-hydrogen) atoms. The van der Waals surface area contributed by atoms with Crippen LogP contribution in [-0.4, -0.2) is 13.1 Å². The molecule has 1 heterocycles. The van der Waals surface area contributed by atoms with Crippen molar-refractivity contribution in [1.29, 1.82) is 0 Å². The average Bonchev–Trinajstić information content (AvgIpc) is 2.79. The Kier molecular flexibility index (Phi) is 7.19. The number of aryl methyl sites for hydroxylation is 1. The largest absolute Gasteiger partial charge is 0.316 e. The molecule has 0 aliphatic carbocycles. The molecule has 0 saturated heterocycles. The highest BCUT2D eigenvalue weighted by Crippen LogP contribution is 2.12. The van der Waals surface area contributed by atoms with Crippen molar-refractivity contribution in [3.8, 4) is 0 Å². The van der Waals surface area contributed by atoms with Crippen LogP contribution in [0.25, 0.3) is 0 Å². The van der Waals surface area contributed by atoms with Crippen molar-refractivity contribution >= 4 is 11.3 Å². The zero-order valence-corrected chi connectivity index (χ0v) is 11.3. The summed E-state index contributed by atoms with van der Waals surface area (Å²) in [5.41, 5.74) is 2.99. The molecule has 0 amide bonds. The lowest BCUT2D eigenvalue weighted by molar-refractivity contribution is 0.676. The predicted octanol–water partition coefficient (Wildman–Crippen LogP) is 4.02. The first-order valence-corrected chi connectivity index (χ1v) is 7.14. The van der Waals surface area contributed by atoms with Gasteiger partial charge in [-0.3, -0.25) is 0 Å². The zero-order valence-electron chi connectivity index (χ0n) is 10.5. The number of hydrogen-bond donors (Lipinski definition) is 1. The summed E-state index contributed by atoms with van der Waals surface area (Å²) in [6.07, 6.45) is 7.14. The van der Waals surface area contributed by atoms with Gasteiger partial charge >= 0.3 is 0 Å². The van der Waals surface area contributed by atoms with Gasteiger partial charge in [0.25, 0.3) is 0 Å². The van der Waals surface area contributed by atoms with Gasteiger partial charge in [-0.25, -0.2) is 0 Å². The Labute approximate surface area is 104 Å². The first kappa shape index (κ1) is 13.5. The molecule has 0 bridgehead atoms. The fourth-order valence-electron chi connectivity index (χ4n) is 1.60. The van der Waals surface area contributed by atoms with E-state index in [-0.39, 0.29) is 0 Å². The smallest absolute Gasteiger partial charge is 0.00142 e. The molecule has 0 radical (unpaired) electrons. The summed E-state index contributed by atoms with van der Waals surface area (Å²) < 4.78 is 0. The lowest BCUT2D eigenvalue weighted by Gasteiger charge is -2.02. The third-order valence-corrected chi connectivity index (χ3v) is 3.36. The number of allylic oxidation sites excluding steroid dienone is 1. The van der Waals surface area contributed by atoms with E-state index < -0.39 is 0 Å². The minimum absolute atomic E-state index is 1.11. The summed E-state index contributed by atoms with van der Waals surface area (Å²) in [5.74, 6) is 0. The van der Waals surface area contributed by atoms with E-state index in [1.807, 2.05) is 0 Å². The Morgan fingerprint density at radius 2 is 2.31 bits per heavy atom. The second kappa shape index (κ2) is 8.54. The number of rotatable bonds is 8. The normalized spacial score (nSPS) is 12.0. The summed E-state index contributed by atoms with van der Waals surface area (Å²) in [5, 5.41) is 7.82. The molecule has 1 rings (SSSR count). The van der Waals surface area contributed by atoms with Gasteiger partial charge in [0, 0.05) is 0 Å². The van der Waals surface area contributed by atoms with Crippen LogP contribution in [0.5, 0.6) is 0 Å². The summed E-state index contributed by atoms with van der Waals surface area (Å²) in [6, 6.07) is 2.22. The lowest BCUT2D eigenvalue weighted by atomic mass is 10.1. The van der Waals surface area contributed by atoms with Crippen molar-refractivity contribution in [2.75, 3.05) is 13.1 Å². The summed E-state index contributed by atoms with van der Waals surface area (Å²) in [6.45, 7) is 6.70. The van der Waals surface area contributed by atoms with Crippen molar-refractivity contribution in [2.24, 2.45) is 0 Å². The van der Waals surface area contributed by atoms with Crippen molar-refractivity contribution < 1.29 is 0 Å². The molecule has 0 aromatic carbocycles. The van der Waals surface area contributed by atoms with Crippen LogP contribution in [0.1, 0.15) is 38.7 Å². The van der Waals surface area contributed by atoms with Crippen LogP contribution >= 0.6 is 11.3 Å². The third-order valence-electron chi connectivity index (χ3n) is 2.63. The predicted molar refractivity (Wildman–Crippen MR) is 74.2 cm³/mol. The fraction of sp³-hybridized carbons (Fsp3) is 0.571. The molecule has 0 saturated carbocycles. The average molecular weight is 237 g/mol. The molecule has 1 aromatic heterocycles. The summed E-state index contributed by atoms with van der Waals surface area (Å²) >= 11 is 1.79. The molecule has 90 valence electrons. The molecule has 0 spiro atoms.